The summed E-state index contributed by atoms with van der Waals surface area (Å²) in [5.41, 5.74) is 1.22. The minimum Gasteiger partial charge on any atom is -0.463 e. The number of aromatic nitrogens is 4. The minimum absolute atomic E-state index is 0.0877. The first-order valence-corrected chi connectivity index (χ1v) is 6.22. The average Bonchev–Trinajstić information content (AvgIpc) is 3.07. The van der Waals surface area contributed by atoms with Crippen LogP contribution in [0.5, 0.6) is 0 Å². The standard InChI is InChI=1S/C14H11N5O2/c1-8-6-9(2)19(18-8)14-16-12(11-4-3-5-21-11)10(7-15)13(20)17-14/h3-6H,1-2H3,(H,16,17,20). The van der Waals surface area contributed by atoms with Crippen molar-refractivity contribution in [2.75, 3.05) is 0 Å². The summed E-state index contributed by atoms with van der Waals surface area (Å²) in [5.74, 6) is 0.608. The van der Waals surface area contributed by atoms with Crippen LogP contribution in [0.2, 0.25) is 0 Å². The van der Waals surface area contributed by atoms with Crippen LogP contribution in [0.15, 0.2) is 33.7 Å². The van der Waals surface area contributed by atoms with E-state index in [1.165, 1.54) is 10.9 Å². The van der Waals surface area contributed by atoms with E-state index in [1.807, 2.05) is 26.0 Å². The minimum atomic E-state index is -0.526. The molecular formula is C14H11N5O2. The van der Waals surface area contributed by atoms with Crippen molar-refractivity contribution in [1.29, 1.82) is 5.26 Å². The van der Waals surface area contributed by atoms with Gasteiger partial charge >= 0.3 is 0 Å². The van der Waals surface area contributed by atoms with E-state index >= 15 is 0 Å². The van der Waals surface area contributed by atoms with Gasteiger partial charge in [0.25, 0.3) is 5.56 Å². The van der Waals surface area contributed by atoms with Gasteiger partial charge in [-0.25, -0.2) is 9.67 Å². The fourth-order valence-electron chi connectivity index (χ4n) is 2.10. The van der Waals surface area contributed by atoms with Gasteiger partial charge in [0, 0.05) is 5.69 Å². The van der Waals surface area contributed by atoms with E-state index in [4.69, 9.17) is 9.68 Å². The molecule has 0 saturated carbocycles. The Morgan fingerprint density at radius 3 is 2.81 bits per heavy atom. The van der Waals surface area contributed by atoms with E-state index in [1.54, 1.807) is 12.1 Å². The first-order valence-electron chi connectivity index (χ1n) is 6.22. The van der Waals surface area contributed by atoms with Crippen molar-refractivity contribution in [3.8, 4) is 23.5 Å². The van der Waals surface area contributed by atoms with Crippen LogP contribution in [-0.2, 0) is 0 Å². The Morgan fingerprint density at radius 2 is 2.24 bits per heavy atom. The third-order valence-corrected chi connectivity index (χ3v) is 2.98. The van der Waals surface area contributed by atoms with Crippen molar-refractivity contribution in [3.63, 3.8) is 0 Å². The third-order valence-electron chi connectivity index (χ3n) is 2.98. The Hall–Kier alpha value is -3.14. The predicted molar refractivity (Wildman–Crippen MR) is 73.9 cm³/mol. The monoisotopic (exact) mass is 281 g/mol. The lowest BCUT2D eigenvalue weighted by Crippen LogP contribution is -2.18. The molecule has 0 fully saturated rings. The zero-order chi connectivity index (χ0) is 15.0. The lowest BCUT2D eigenvalue weighted by atomic mass is 10.2. The Labute approximate surface area is 119 Å². The molecule has 3 heterocycles. The molecule has 0 spiro atoms. The zero-order valence-electron chi connectivity index (χ0n) is 11.4. The van der Waals surface area contributed by atoms with Gasteiger partial charge in [-0.2, -0.15) is 10.4 Å². The maximum atomic E-state index is 12.1. The highest BCUT2D eigenvalue weighted by atomic mass is 16.3. The number of nitrogens with one attached hydrogen (secondary N) is 1. The van der Waals surface area contributed by atoms with Crippen LogP contribution in [-0.4, -0.2) is 19.7 Å². The Kier molecular flexibility index (Phi) is 2.92. The van der Waals surface area contributed by atoms with Crippen LogP contribution >= 0.6 is 0 Å². The molecule has 0 bridgehead atoms. The van der Waals surface area contributed by atoms with Crippen LogP contribution < -0.4 is 5.56 Å². The number of furan rings is 1. The second-order valence-electron chi connectivity index (χ2n) is 4.54. The number of H-pyrrole nitrogens is 1. The second kappa shape index (κ2) is 4.76. The van der Waals surface area contributed by atoms with E-state index in [0.717, 1.165) is 11.4 Å². The second-order valence-corrected chi connectivity index (χ2v) is 4.54. The van der Waals surface area contributed by atoms with Gasteiger partial charge in [0.05, 0.1) is 12.0 Å². The Bertz CT molecular complexity index is 897. The molecule has 0 aliphatic rings. The van der Waals surface area contributed by atoms with Gasteiger partial charge in [0.1, 0.15) is 17.3 Å². The summed E-state index contributed by atoms with van der Waals surface area (Å²) in [6.07, 6.45) is 1.46. The number of aryl methyl sites for hydroxylation is 2. The maximum Gasteiger partial charge on any atom is 0.271 e. The molecule has 0 radical (unpaired) electrons. The molecule has 0 atom stereocenters. The molecule has 21 heavy (non-hydrogen) atoms. The van der Waals surface area contributed by atoms with Crippen LogP contribution in [0.25, 0.3) is 17.4 Å². The molecular weight excluding hydrogens is 270 g/mol. The first kappa shape index (κ1) is 12.9. The lowest BCUT2D eigenvalue weighted by molar-refractivity contribution is 0.578. The van der Waals surface area contributed by atoms with Crippen LogP contribution in [0.4, 0.5) is 0 Å². The molecule has 0 amide bonds. The normalized spacial score (nSPS) is 10.5. The average molecular weight is 281 g/mol. The van der Waals surface area contributed by atoms with E-state index in [0.29, 0.717) is 5.76 Å². The number of rotatable bonds is 2. The molecule has 1 N–H and O–H groups in total. The number of hydrogen-bond acceptors (Lipinski definition) is 5. The van der Waals surface area contributed by atoms with Crippen molar-refractivity contribution >= 4 is 0 Å². The largest absolute Gasteiger partial charge is 0.463 e. The van der Waals surface area contributed by atoms with Gasteiger partial charge in [0.2, 0.25) is 5.95 Å². The van der Waals surface area contributed by atoms with Crippen LogP contribution in [0.3, 0.4) is 0 Å². The molecule has 0 saturated heterocycles. The lowest BCUT2D eigenvalue weighted by Gasteiger charge is -2.06. The molecule has 0 unspecified atom stereocenters. The Balaban J connectivity index is 2.28. The van der Waals surface area contributed by atoms with Crippen molar-refractivity contribution in [2.45, 2.75) is 13.8 Å². The SMILES string of the molecule is Cc1cc(C)n(-c2nc(-c3ccco3)c(C#N)c(=O)[nH]2)n1. The summed E-state index contributed by atoms with van der Waals surface area (Å²) in [5, 5.41) is 13.4. The molecule has 7 heteroatoms. The third kappa shape index (κ3) is 2.12. The summed E-state index contributed by atoms with van der Waals surface area (Å²) < 4.78 is 6.77. The van der Waals surface area contributed by atoms with Crippen LogP contribution in [0, 0.1) is 25.2 Å². The summed E-state index contributed by atoms with van der Waals surface area (Å²) in [4.78, 5) is 19.0. The summed E-state index contributed by atoms with van der Waals surface area (Å²) in [6, 6.07) is 7.04. The quantitative estimate of drug-likeness (QED) is 0.770. The molecule has 3 aromatic heterocycles. The maximum absolute atomic E-state index is 12.1. The van der Waals surface area contributed by atoms with E-state index in [2.05, 4.69) is 15.1 Å². The zero-order valence-corrected chi connectivity index (χ0v) is 11.4. The summed E-state index contributed by atoms with van der Waals surface area (Å²) in [6.45, 7) is 3.70. The van der Waals surface area contributed by atoms with Gasteiger partial charge in [-0.05, 0) is 32.0 Å². The fraction of sp³-hybridized carbons (Fsp3) is 0.143. The van der Waals surface area contributed by atoms with Crippen LogP contribution in [0.1, 0.15) is 17.0 Å². The van der Waals surface area contributed by atoms with E-state index in [-0.39, 0.29) is 17.2 Å². The molecule has 3 aromatic rings. The summed E-state index contributed by atoms with van der Waals surface area (Å²) in [7, 11) is 0. The highest BCUT2D eigenvalue weighted by Gasteiger charge is 2.17. The van der Waals surface area contributed by atoms with E-state index < -0.39 is 5.56 Å². The molecule has 0 aromatic carbocycles. The van der Waals surface area contributed by atoms with Crippen molar-refractivity contribution < 1.29 is 4.42 Å². The predicted octanol–water partition coefficient (Wildman–Crippen LogP) is 1.70. The topological polar surface area (TPSA) is 100 Å². The van der Waals surface area contributed by atoms with Gasteiger partial charge in [-0.1, -0.05) is 0 Å². The number of aromatic amines is 1. The first-order chi connectivity index (χ1) is 10.1. The van der Waals surface area contributed by atoms with Crippen molar-refractivity contribution in [1.82, 2.24) is 19.7 Å². The molecule has 3 rings (SSSR count). The van der Waals surface area contributed by atoms with Gasteiger partial charge < -0.3 is 4.42 Å². The number of hydrogen-bond donors (Lipinski definition) is 1. The highest BCUT2D eigenvalue weighted by molar-refractivity contribution is 5.61. The van der Waals surface area contributed by atoms with Crippen molar-refractivity contribution in [2.24, 2.45) is 0 Å². The molecule has 0 aliphatic carbocycles. The fourth-order valence-corrected chi connectivity index (χ4v) is 2.10. The Morgan fingerprint density at radius 1 is 1.43 bits per heavy atom. The number of nitriles is 1. The van der Waals surface area contributed by atoms with Gasteiger partial charge in [-0.15, -0.1) is 0 Å². The van der Waals surface area contributed by atoms with Gasteiger partial charge in [0.15, 0.2) is 5.76 Å². The summed E-state index contributed by atoms with van der Waals surface area (Å²) >= 11 is 0. The van der Waals surface area contributed by atoms with Crippen molar-refractivity contribution in [3.05, 3.63) is 51.8 Å². The number of nitrogens with zero attached hydrogens (tertiary/aromatic N) is 4. The smallest absolute Gasteiger partial charge is 0.271 e. The molecule has 0 aliphatic heterocycles. The van der Waals surface area contributed by atoms with E-state index in [9.17, 15) is 4.79 Å². The highest BCUT2D eigenvalue weighted by Crippen LogP contribution is 2.20. The molecule has 104 valence electrons. The van der Waals surface area contributed by atoms with Gasteiger partial charge in [-0.3, -0.25) is 9.78 Å². The molecule has 7 nitrogen and oxygen atoms in total.